The van der Waals surface area contributed by atoms with E-state index in [1.807, 2.05) is 0 Å². The Balaban J connectivity index is 2.64. The summed E-state index contributed by atoms with van der Waals surface area (Å²) in [5, 5.41) is 21.5. The smallest absolute Gasteiger partial charge is 0.335 e. The zero-order valence-corrected chi connectivity index (χ0v) is 12.8. The van der Waals surface area contributed by atoms with Gasteiger partial charge < -0.3 is 15.5 Å². The Kier molecular flexibility index (Phi) is 6.48. The van der Waals surface area contributed by atoms with E-state index in [-0.39, 0.29) is 18.2 Å². The number of carbonyl (C=O) groups is 1. The van der Waals surface area contributed by atoms with Crippen LogP contribution in [0.15, 0.2) is 22.7 Å². The summed E-state index contributed by atoms with van der Waals surface area (Å²) >= 11 is 3.37. The van der Waals surface area contributed by atoms with Gasteiger partial charge in [0.15, 0.2) is 0 Å². The molecule has 1 aromatic rings. The zero-order chi connectivity index (χ0) is 14.4. The van der Waals surface area contributed by atoms with Crippen LogP contribution in [0.3, 0.4) is 0 Å². The van der Waals surface area contributed by atoms with Crippen LogP contribution in [0, 0.1) is 5.92 Å². The number of aliphatic hydroxyl groups is 1. The second-order valence-electron chi connectivity index (χ2n) is 5.00. The van der Waals surface area contributed by atoms with Crippen LogP contribution in [0.1, 0.15) is 36.2 Å². The minimum absolute atomic E-state index is 0.0612. The molecule has 0 aliphatic carbocycles. The number of hydrogen-bond acceptors (Lipinski definition) is 3. The molecular weight excluding hydrogens is 310 g/mol. The molecule has 1 atom stereocenters. The average molecular weight is 330 g/mol. The fraction of sp³-hybridized carbons (Fsp3) is 0.500. The van der Waals surface area contributed by atoms with Crippen LogP contribution in [0.2, 0.25) is 0 Å². The van der Waals surface area contributed by atoms with Gasteiger partial charge in [-0.05, 0) is 30.0 Å². The molecule has 19 heavy (non-hydrogen) atoms. The summed E-state index contributed by atoms with van der Waals surface area (Å²) in [4.78, 5) is 10.8. The van der Waals surface area contributed by atoms with Crippen molar-refractivity contribution in [2.24, 2.45) is 5.92 Å². The number of benzene rings is 1. The van der Waals surface area contributed by atoms with Crippen molar-refractivity contribution < 1.29 is 15.0 Å². The number of carboxylic acid groups (broad SMARTS) is 1. The van der Waals surface area contributed by atoms with Crippen molar-refractivity contribution >= 4 is 21.9 Å². The van der Waals surface area contributed by atoms with Crippen molar-refractivity contribution in [2.45, 2.75) is 32.9 Å². The molecule has 0 saturated heterocycles. The van der Waals surface area contributed by atoms with Gasteiger partial charge in [-0.2, -0.15) is 0 Å². The molecule has 0 saturated carbocycles. The first-order valence-electron chi connectivity index (χ1n) is 6.30. The Morgan fingerprint density at radius 3 is 2.58 bits per heavy atom. The van der Waals surface area contributed by atoms with Gasteiger partial charge in [0.2, 0.25) is 0 Å². The lowest BCUT2D eigenvalue weighted by atomic mass is 10.0. The second kappa shape index (κ2) is 7.62. The topological polar surface area (TPSA) is 69.6 Å². The number of nitrogens with one attached hydrogen (secondary N) is 1. The van der Waals surface area contributed by atoms with Gasteiger partial charge in [0.1, 0.15) is 0 Å². The maximum Gasteiger partial charge on any atom is 0.335 e. The lowest BCUT2D eigenvalue weighted by Gasteiger charge is -2.18. The molecule has 0 aromatic heterocycles. The molecule has 0 aliphatic heterocycles. The van der Waals surface area contributed by atoms with Crippen LogP contribution in [0.4, 0.5) is 0 Å². The maximum atomic E-state index is 10.8. The lowest BCUT2D eigenvalue weighted by molar-refractivity contribution is 0.0697. The Morgan fingerprint density at radius 1 is 1.42 bits per heavy atom. The van der Waals surface area contributed by atoms with Gasteiger partial charge in [-0.1, -0.05) is 35.8 Å². The van der Waals surface area contributed by atoms with E-state index in [2.05, 4.69) is 35.1 Å². The minimum Gasteiger partial charge on any atom is -0.478 e. The van der Waals surface area contributed by atoms with E-state index < -0.39 is 5.97 Å². The van der Waals surface area contributed by atoms with E-state index in [0.29, 0.717) is 12.5 Å². The first kappa shape index (κ1) is 16.1. The number of aliphatic hydroxyl groups excluding tert-OH is 1. The third-order valence-electron chi connectivity index (χ3n) is 2.86. The third-order valence-corrected chi connectivity index (χ3v) is 3.60. The Labute approximate surface area is 122 Å². The quantitative estimate of drug-likeness (QED) is 0.719. The molecule has 0 radical (unpaired) electrons. The highest BCUT2D eigenvalue weighted by Crippen LogP contribution is 2.19. The molecule has 0 amide bonds. The van der Waals surface area contributed by atoms with Crippen molar-refractivity contribution in [3.05, 3.63) is 33.8 Å². The molecule has 5 heteroatoms. The molecule has 0 spiro atoms. The third kappa shape index (κ3) is 5.30. The monoisotopic (exact) mass is 329 g/mol. The van der Waals surface area contributed by atoms with Gasteiger partial charge >= 0.3 is 5.97 Å². The van der Waals surface area contributed by atoms with E-state index in [1.165, 1.54) is 0 Å². The van der Waals surface area contributed by atoms with E-state index in [9.17, 15) is 9.90 Å². The number of carboxylic acids is 1. The van der Waals surface area contributed by atoms with Gasteiger partial charge in [-0.3, -0.25) is 0 Å². The average Bonchev–Trinajstić information content (AvgIpc) is 2.34. The number of hydrogen-bond donors (Lipinski definition) is 3. The summed E-state index contributed by atoms with van der Waals surface area (Å²) < 4.78 is 0.765. The lowest BCUT2D eigenvalue weighted by Crippen LogP contribution is -2.33. The molecule has 4 nitrogen and oxygen atoms in total. The zero-order valence-electron chi connectivity index (χ0n) is 11.2. The van der Waals surface area contributed by atoms with Gasteiger partial charge in [-0.15, -0.1) is 0 Å². The summed E-state index contributed by atoms with van der Waals surface area (Å²) in [5.74, 6) is -0.421. The molecule has 0 fully saturated rings. The maximum absolute atomic E-state index is 10.8. The van der Waals surface area contributed by atoms with Gasteiger partial charge in [-0.25, -0.2) is 4.79 Å². The number of rotatable bonds is 7. The van der Waals surface area contributed by atoms with Crippen molar-refractivity contribution in [1.82, 2.24) is 5.32 Å². The van der Waals surface area contributed by atoms with Crippen molar-refractivity contribution in [1.29, 1.82) is 0 Å². The highest BCUT2D eigenvalue weighted by atomic mass is 79.9. The van der Waals surface area contributed by atoms with Crippen LogP contribution < -0.4 is 5.32 Å². The summed E-state index contributed by atoms with van der Waals surface area (Å²) in [6.07, 6.45) is 0.904. The highest BCUT2D eigenvalue weighted by molar-refractivity contribution is 9.10. The standard InChI is InChI=1S/C14H20BrNO3/c1-9(2)5-12(8-17)16-7-11-4-3-10(14(18)19)6-13(11)15/h3-4,6,9,12,16-17H,5,7-8H2,1-2H3,(H,18,19). The summed E-state index contributed by atoms with van der Waals surface area (Å²) in [7, 11) is 0. The van der Waals surface area contributed by atoms with Crippen LogP contribution >= 0.6 is 15.9 Å². The first-order chi connectivity index (χ1) is 8.93. The predicted octanol–water partition coefficient (Wildman–Crippen LogP) is 2.64. The summed E-state index contributed by atoms with van der Waals surface area (Å²) in [5.41, 5.74) is 1.24. The molecule has 106 valence electrons. The molecule has 1 rings (SSSR count). The largest absolute Gasteiger partial charge is 0.478 e. The molecule has 3 N–H and O–H groups in total. The fourth-order valence-electron chi connectivity index (χ4n) is 1.87. The molecule has 0 heterocycles. The van der Waals surface area contributed by atoms with E-state index in [4.69, 9.17) is 5.11 Å². The molecular formula is C14H20BrNO3. The molecule has 1 unspecified atom stereocenters. The number of aromatic carboxylic acids is 1. The van der Waals surface area contributed by atoms with Crippen molar-refractivity contribution in [3.63, 3.8) is 0 Å². The first-order valence-corrected chi connectivity index (χ1v) is 7.09. The molecule has 1 aromatic carbocycles. The van der Waals surface area contributed by atoms with Gasteiger partial charge in [0, 0.05) is 17.1 Å². The van der Waals surface area contributed by atoms with Crippen LogP contribution in [0.5, 0.6) is 0 Å². The highest BCUT2D eigenvalue weighted by Gasteiger charge is 2.11. The molecule has 0 bridgehead atoms. The Bertz CT molecular complexity index is 435. The Hall–Kier alpha value is -0.910. The van der Waals surface area contributed by atoms with Gasteiger partial charge in [0.05, 0.1) is 12.2 Å². The Morgan fingerprint density at radius 2 is 2.11 bits per heavy atom. The van der Waals surface area contributed by atoms with Crippen molar-refractivity contribution in [3.8, 4) is 0 Å². The van der Waals surface area contributed by atoms with E-state index in [1.54, 1.807) is 18.2 Å². The van der Waals surface area contributed by atoms with Crippen LogP contribution in [0.25, 0.3) is 0 Å². The van der Waals surface area contributed by atoms with Crippen LogP contribution in [-0.4, -0.2) is 28.8 Å². The SMILES string of the molecule is CC(C)CC(CO)NCc1ccc(C(=O)O)cc1Br. The normalized spacial score (nSPS) is 12.7. The van der Waals surface area contributed by atoms with E-state index >= 15 is 0 Å². The van der Waals surface area contributed by atoms with Crippen LogP contribution in [-0.2, 0) is 6.54 Å². The summed E-state index contributed by atoms with van der Waals surface area (Å²) in [6, 6.07) is 5.02. The predicted molar refractivity (Wildman–Crippen MR) is 78.3 cm³/mol. The summed E-state index contributed by atoms with van der Waals surface area (Å²) in [6.45, 7) is 4.92. The molecule has 0 aliphatic rings. The van der Waals surface area contributed by atoms with Gasteiger partial charge in [0.25, 0.3) is 0 Å². The minimum atomic E-state index is -0.937. The second-order valence-corrected chi connectivity index (χ2v) is 5.86. The van der Waals surface area contributed by atoms with E-state index in [0.717, 1.165) is 16.5 Å². The van der Waals surface area contributed by atoms with Crippen molar-refractivity contribution in [2.75, 3.05) is 6.61 Å². The fourth-order valence-corrected chi connectivity index (χ4v) is 2.39. The number of halogens is 1.